The van der Waals surface area contributed by atoms with Crippen LogP contribution in [0.4, 0.5) is 0 Å². The summed E-state index contributed by atoms with van der Waals surface area (Å²) in [6.45, 7) is 2.23. The summed E-state index contributed by atoms with van der Waals surface area (Å²) in [6.07, 6.45) is 11.1. The molecule has 0 saturated heterocycles. The quantitative estimate of drug-likeness (QED) is 0.280. The monoisotopic (exact) mass is 394 g/mol. The van der Waals surface area contributed by atoms with Gasteiger partial charge in [0.05, 0.1) is 0 Å². The minimum atomic E-state index is -2.22. The Morgan fingerprint density at radius 1 is 0.556 bits per heavy atom. The van der Waals surface area contributed by atoms with Crippen molar-refractivity contribution in [1.29, 1.82) is 0 Å². The first kappa shape index (κ1) is 26.7. The van der Waals surface area contributed by atoms with E-state index in [4.69, 9.17) is 28.4 Å². The Bertz CT molecular complexity index is 350. The molecule has 0 atom stereocenters. The zero-order valence-electron chi connectivity index (χ0n) is 18.5. The second-order valence-electron chi connectivity index (χ2n) is 6.75. The Balaban J connectivity index is 4.93. The van der Waals surface area contributed by atoms with Crippen LogP contribution >= 0.6 is 0 Å². The Hall–Kier alpha value is -0.280. The number of rotatable bonds is 18. The van der Waals surface area contributed by atoms with Crippen LogP contribution in [0.15, 0.2) is 0 Å². The van der Waals surface area contributed by atoms with E-state index in [9.17, 15) is 5.11 Å². The van der Waals surface area contributed by atoms with Crippen molar-refractivity contribution in [2.24, 2.45) is 0 Å². The molecule has 0 aliphatic heterocycles. The molecule has 0 amide bonds. The third-order valence-electron chi connectivity index (χ3n) is 5.31. The Morgan fingerprint density at radius 2 is 0.963 bits per heavy atom. The zero-order chi connectivity index (χ0) is 20.8. The minimum absolute atomic E-state index is 0.437. The molecule has 0 aromatic carbocycles. The molecule has 0 aromatic heterocycles. The molecule has 0 aromatic rings. The van der Waals surface area contributed by atoms with E-state index >= 15 is 0 Å². The number of ether oxygens (including phenoxy) is 6. The van der Waals surface area contributed by atoms with Crippen molar-refractivity contribution in [3.8, 4) is 0 Å². The van der Waals surface area contributed by atoms with E-state index in [1.165, 1.54) is 81.2 Å². The lowest BCUT2D eigenvalue weighted by molar-refractivity contribution is -0.529. The van der Waals surface area contributed by atoms with Gasteiger partial charge < -0.3 is 33.5 Å². The van der Waals surface area contributed by atoms with Crippen molar-refractivity contribution in [1.82, 2.24) is 0 Å². The van der Waals surface area contributed by atoms with Gasteiger partial charge in [0.2, 0.25) is 5.79 Å². The molecule has 0 spiro atoms. The lowest BCUT2D eigenvalue weighted by Gasteiger charge is -2.51. The molecular weight excluding hydrogens is 352 g/mol. The molecule has 27 heavy (non-hydrogen) atoms. The molecule has 0 aliphatic carbocycles. The highest BCUT2D eigenvalue weighted by atomic mass is 16.9. The summed E-state index contributed by atoms with van der Waals surface area (Å²) in [5.41, 5.74) is 0. The summed E-state index contributed by atoms with van der Waals surface area (Å²) in [4.78, 5) is 0. The molecule has 0 fully saturated rings. The highest BCUT2D eigenvalue weighted by Gasteiger charge is 2.69. The van der Waals surface area contributed by atoms with Gasteiger partial charge in [0.25, 0.3) is 0 Å². The second-order valence-corrected chi connectivity index (χ2v) is 6.75. The number of methoxy groups -OCH3 is 6. The van der Waals surface area contributed by atoms with E-state index in [2.05, 4.69) is 6.92 Å². The van der Waals surface area contributed by atoms with Gasteiger partial charge in [-0.05, 0) is 6.42 Å². The van der Waals surface area contributed by atoms with Gasteiger partial charge in [-0.2, -0.15) is 0 Å². The maximum atomic E-state index is 10.8. The molecule has 0 heterocycles. The molecule has 164 valence electrons. The SMILES string of the molecule is CCCCCCCCCCCC(OC)(OC)C(OC)(OC)C(O)(OC)OC. The average Bonchev–Trinajstić information content (AvgIpc) is 2.71. The number of unbranched alkanes of at least 4 members (excludes halogenated alkanes) is 8. The van der Waals surface area contributed by atoms with Crippen LogP contribution in [0, 0.1) is 0 Å². The molecule has 0 aliphatic rings. The number of aliphatic hydroxyl groups is 1. The van der Waals surface area contributed by atoms with Crippen LogP contribution in [0.25, 0.3) is 0 Å². The average molecular weight is 395 g/mol. The molecule has 0 bridgehead atoms. The summed E-state index contributed by atoms with van der Waals surface area (Å²) in [5.74, 6) is -5.48. The summed E-state index contributed by atoms with van der Waals surface area (Å²) in [6, 6.07) is 0. The van der Waals surface area contributed by atoms with Crippen LogP contribution in [0.2, 0.25) is 0 Å². The van der Waals surface area contributed by atoms with Crippen molar-refractivity contribution in [2.45, 2.75) is 88.7 Å². The Labute approximate surface area is 165 Å². The second kappa shape index (κ2) is 13.8. The predicted molar refractivity (Wildman–Crippen MR) is 104 cm³/mol. The van der Waals surface area contributed by atoms with E-state index < -0.39 is 17.5 Å². The van der Waals surface area contributed by atoms with Gasteiger partial charge in [0.1, 0.15) is 0 Å². The predicted octanol–water partition coefficient (Wildman–Crippen LogP) is 3.82. The Morgan fingerprint density at radius 3 is 1.30 bits per heavy atom. The van der Waals surface area contributed by atoms with Crippen molar-refractivity contribution in [3.63, 3.8) is 0 Å². The molecule has 7 heteroatoms. The molecule has 0 radical (unpaired) electrons. The van der Waals surface area contributed by atoms with Crippen LogP contribution in [0.3, 0.4) is 0 Å². The van der Waals surface area contributed by atoms with Gasteiger partial charge in [-0.3, -0.25) is 0 Å². The van der Waals surface area contributed by atoms with Crippen molar-refractivity contribution < 1.29 is 33.5 Å². The van der Waals surface area contributed by atoms with E-state index in [1.54, 1.807) is 0 Å². The molecule has 1 N–H and O–H groups in total. The summed E-state index contributed by atoms with van der Waals surface area (Å²) >= 11 is 0. The fraction of sp³-hybridized carbons (Fsp3) is 1.00. The highest BCUT2D eigenvalue weighted by molar-refractivity contribution is 4.95. The van der Waals surface area contributed by atoms with Crippen molar-refractivity contribution in [3.05, 3.63) is 0 Å². The van der Waals surface area contributed by atoms with Gasteiger partial charge >= 0.3 is 11.8 Å². The highest BCUT2D eigenvalue weighted by Crippen LogP contribution is 2.43. The first-order valence-corrected chi connectivity index (χ1v) is 9.96. The normalized spacial score (nSPS) is 13.3. The third-order valence-corrected chi connectivity index (χ3v) is 5.31. The van der Waals surface area contributed by atoms with Gasteiger partial charge in [0.15, 0.2) is 0 Å². The van der Waals surface area contributed by atoms with Crippen molar-refractivity contribution >= 4 is 0 Å². The smallest absolute Gasteiger partial charge is 0.343 e. The fourth-order valence-corrected chi connectivity index (χ4v) is 3.63. The van der Waals surface area contributed by atoms with Gasteiger partial charge in [0, 0.05) is 49.1 Å². The number of hydrogen-bond donors (Lipinski definition) is 1. The molecule has 7 nitrogen and oxygen atoms in total. The lowest BCUT2D eigenvalue weighted by atomic mass is 9.94. The molecular formula is C20H42O7. The van der Waals surface area contributed by atoms with E-state index in [-0.39, 0.29) is 0 Å². The first-order chi connectivity index (χ1) is 12.9. The minimum Gasteiger partial charge on any atom is -0.348 e. The number of hydrogen-bond acceptors (Lipinski definition) is 7. The summed E-state index contributed by atoms with van der Waals surface area (Å²) in [7, 11) is 8.33. The maximum absolute atomic E-state index is 10.8. The van der Waals surface area contributed by atoms with Gasteiger partial charge in [-0.25, -0.2) is 0 Å². The van der Waals surface area contributed by atoms with Crippen LogP contribution < -0.4 is 0 Å². The molecule has 0 unspecified atom stereocenters. The first-order valence-electron chi connectivity index (χ1n) is 9.96. The fourth-order valence-electron chi connectivity index (χ4n) is 3.63. The topological polar surface area (TPSA) is 75.6 Å². The third kappa shape index (κ3) is 6.35. The largest absolute Gasteiger partial charge is 0.348 e. The maximum Gasteiger partial charge on any atom is 0.343 e. The van der Waals surface area contributed by atoms with Gasteiger partial charge in [-0.1, -0.05) is 58.3 Å². The van der Waals surface area contributed by atoms with Crippen LogP contribution in [-0.2, 0) is 28.4 Å². The van der Waals surface area contributed by atoms with Crippen LogP contribution in [0.1, 0.15) is 71.1 Å². The molecule has 0 rings (SSSR count). The van der Waals surface area contributed by atoms with Crippen LogP contribution in [0.5, 0.6) is 0 Å². The summed E-state index contributed by atoms with van der Waals surface area (Å²) in [5, 5.41) is 10.8. The standard InChI is InChI=1S/C20H42O7/c1-8-9-10-11-12-13-14-15-16-17-18(22-2,23-3)19(24-4,25-5)20(21,26-6)27-7/h21H,8-17H2,1-7H3. The summed E-state index contributed by atoms with van der Waals surface area (Å²) < 4.78 is 32.7. The lowest BCUT2D eigenvalue weighted by Crippen LogP contribution is -2.72. The van der Waals surface area contributed by atoms with E-state index in [0.717, 1.165) is 19.3 Å². The molecule has 0 saturated carbocycles. The Kier molecular flexibility index (Phi) is 13.7. The van der Waals surface area contributed by atoms with E-state index in [1.807, 2.05) is 0 Å². The van der Waals surface area contributed by atoms with Gasteiger partial charge in [-0.15, -0.1) is 0 Å². The van der Waals surface area contributed by atoms with Crippen LogP contribution in [-0.4, -0.2) is 65.3 Å². The van der Waals surface area contributed by atoms with E-state index in [0.29, 0.717) is 6.42 Å². The van der Waals surface area contributed by atoms with Crippen molar-refractivity contribution in [2.75, 3.05) is 42.7 Å². The zero-order valence-corrected chi connectivity index (χ0v) is 18.5.